The lowest BCUT2D eigenvalue weighted by atomic mass is 10.2. The van der Waals surface area contributed by atoms with Gasteiger partial charge in [0.2, 0.25) is 10.0 Å². The van der Waals surface area contributed by atoms with Gasteiger partial charge in [-0.1, -0.05) is 12.1 Å². The van der Waals surface area contributed by atoms with Crippen LogP contribution in [0.4, 0.5) is 4.39 Å². The number of hydrogen-bond acceptors (Lipinski definition) is 4. The monoisotopic (exact) mass is 315 g/mol. The van der Waals surface area contributed by atoms with E-state index in [0.29, 0.717) is 11.1 Å². The maximum absolute atomic E-state index is 13.6. The molecule has 0 radical (unpaired) electrons. The first-order valence-corrected chi connectivity index (χ1v) is 8.18. The summed E-state index contributed by atoms with van der Waals surface area (Å²) < 4.78 is 50.3. The minimum Gasteiger partial charge on any atom is -0.456 e. The number of fused-ring (bicyclic) bond motifs is 1. The molecule has 5 nitrogen and oxygen atoms in total. The van der Waals surface area contributed by atoms with Crippen LogP contribution in [0.1, 0.15) is 25.6 Å². The van der Waals surface area contributed by atoms with E-state index in [1.54, 1.807) is 32.0 Å². The number of halogens is 1. The van der Waals surface area contributed by atoms with Gasteiger partial charge in [0.25, 0.3) is 0 Å². The van der Waals surface area contributed by atoms with E-state index < -0.39 is 28.0 Å². The average Bonchev–Trinajstić information content (AvgIpc) is 2.83. The molecular weight excluding hydrogens is 297 g/mol. The van der Waals surface area contributed by atoms with Crippen LogP contribution in [-0.2, 0) is 14.8 Å². The zero-order valence-electron chi connectivity index (χ0n) is 12.1. The molecule has 1 aromatic heterocycles. The highest BCUT2D eigenvalue weighted by Crippen LogP contribution is 2.26. The van der Waals surface area contributed by atoms with Gasteiger partial charge in [0, 0.05) is 12.5 Å². The molecule has 0 fully saturated rings. The number of sulfonamides is 1. The van der Waals surface area contributed by atoms with Crippen LogP contribution >= 0.6 is 0 Å². The van der Waals surface area contributed by atoms with E-state index in [1.165, 1.54) is 13.2 Å². The Morgan fingerprint density at radius 1 is 1.38 bits per heavy atom. The second kappa shape index (κ2) is 6.13. The lowest BCUT2D eigenvalue weighted by Gasteiger charge is -2.14. The fraction of sp³-hybridized carbons (Fsp3) is 0.429. The molecule has 0 saturated heterocycles. The lowest BCUT2D eigenvalue weighted by Crippen LogP contribution is -2.33. The van der Waals surface area contributed by atoms with Crippen LogP contribution in [0, 0.1) is 5.82 Å². The molecule has 7 heteroatoms. The van der Waals surface area contributed by atoms with Crippen molar-refractivity contribution in [1.82, 2.24) is 4.72 Å². The molecule has 0 aliphatic heterocycles. The molecule has 0 unspecified atom stereocenters. The first kappa shape index (κ1) is 15.9. The molecule has 0 spiro atoms. The van der Waals surface area contributed by atoms with Crippen LogP contribution in [0.5, 0.6) is 0 Å². The summed E-state index contributed by atoms with van der Waals surface area (Å²) in [5.41, 5.74) is 0.129. The van der Waals surface area contributed by atoms with Crippen molar-refractivity contribution in [2.75, 3.05) is 12.9 Å². The Balaban J connectivity index is 2.19. The number of para-hydroxylation sites is 1. The maximum atomic E-state index is 13.6. The third-order valence-corrected chi connectivity index (χ3v) is 4.78. The molecule has 1 heterocycles. The summed E-state index contributed by atoms with van der Waals surface area (Å²) in [4.78, 5) is 0. The molecule has 0 aliphatic carbocycles. The Morgan fingerprint density at radius 3 is 2.71 bits per heavy atom. The number of nitrogens with one attached hydrogen (secondary N) is 1. The number of benzene rings is 1. The minimum atomic E-state index is -3.52. The van der Waals surface area contributed by atoms with Gasteiger partial charge in [-0.05, 0) is 26.0 Å². The van der Waals surface area contributed by atoms with Gasteiger partial charge in [0.1, 0.15) is 5.76 Å². The third-order valence-electron chi connectivity index (χ3n) is 3.15. The summed E-state index contributed by atoms with van der Waals surface area (Å²) >= 11 is 0. The van der Waals surface area contributed by atoms with Crippen molar-refractivity contribution < 1.29 is 22.0 Å². The fourth-order valence-corrected chi connectivity index (χ4v) is 3.52. The van der Waals surface area contributed by atoms with Gasteiger partial charge < -0.3 is 9.15 Å². The topological polar surface area (TPSA) is 68.5 Å². The summed E-state index contributed by atoms with van der Waals surface area (Å²) in [6.45, 7) is 3.31. The first-order chi connectivity index (χ1) is 9.82. The molecule has 0 amide bonds. The fourth-order valence-electron chi connectivity index (χ4n) is 2.01. The normalized spacial score (nSPS) is 15.2. The van der Waals surface area contributed by atoms with Crippen LogP contribution in [0.3, 0.4) is 0 Å². The Morgan fingerprint density at radius 2 is 2.10 bits per heavy atom. The first-order valence-electron chi connectivity index (χ1n) is 6.53. The van der Waals surface area contributed by atoms with E-state index in [4.69, 9.17) is 9.15 Å². The predicted molar refractivity (Wildman–Crippen MR) is 78.0 cm³/mol. The highest BCUT2D eigenvalue weighted by molar-refractivity contribution is 7.89. The smallest absolute Gasteiger partial charge is 0.214 e. The molecule has 0 bridgehead atoms. The average molecular weight is 315 g/mol. The van der Waals surface area contributed by atoms with Gasteiger partial charge in [-0.3, -0.25) is 0 Å². The molecular formula is C14H18FNO4S. The highest BCUT2D eigenvalue weighted by Gasteiger charge is 2.21. The summed E-state index contributed by atoms with van der Waals surface area (Å²) in [7, 11) is -2.07. The maximum Gasteiger partial charge on any atom is 0.214 e. The van der Waals surface area contributed by atoms with Crippen LogP contribution in [-0.4, -0.2) is 27.4 Å². The summed E-state index contributed by atoms with van der Waals surface area (Å²) in [6, 6.07) is 5.62. The Hall–Kier alpha value is -1.44. The Kier molecular flexibility index (Phi) is 4.65. The molecule has 1 N–H and O–H groups in total. The van der Waals surface area contributed by atoms with Crippen molar-refractivity contribution >= 4 is 21.0 Å². The number of ether oxygens (including phenoxy) is 1. The SMILES string of the molecule is CO[C@H](C)CS(=O)(=O)N[C@@H](C)c1cc2cccc(F)c2o1. The number of furan rings is 1. The van der Waals surface area contributed by atoms with E-state index in [9.17, 15) is 12.8 Å². The zero-order valence-corrected chi connectivity index (χ0v) is 12.9. The van der Waals surface area contributed by atoms with Gasteiger partial charge >= 0.3 is 0 Å². The minimum absolute atomic E-state index is 0.129. The zero-order chi connectivity index (χ0) is 15.6. The highest BCUT2D eigenvalue weighted by atomic mass is 32.2. The largest absolute Gasteiger partial charge is 0.456 e. The van der Waals surface area contributed by atoms with Crippen molar-refractivity contribution in [3.05, 3.63) is 35.8 Å². The van der Waals surface area contributed by atoms with Crippen LogP contribution < -0.4 is 4.72 Å². The predicted octanol–water partition coefficient (Wildman–Crippen LogP) is 2.59. The van der Waals surface area contributed by atoms with Crippen LogP contribution in [0.25, 0.3) is 11.0 Å². The van der Waals surface area contributed by atoms with E-state index >= 15 is 0 Å². The molecule has 1 aromatic carbocycles. The third kappa shape index (κ3) is 3.81. The Bertz CT molecular complexity index is 726. The molecule has 21 heavy (non-hydrogen) atoms. The van der Waals surface area contributed by atoms with Crippen molar-refractivity contribution in [1.29, 1.82) is 0 Å². The quantitative estimate of drug-likeness (QED) is 0.889. The molecule has 116 valence electrons. The summed E-state index contributed by atoms with van der Waals surface area (Å²) in [5, 5.41) is 0.598. The standard InChI is InChI=1S/C14H18FNO4S/c1-9(19-3)8-21(17,18)16-10(2)13-7-11-5-4-6-12(15)14(11)20-13/h4-7,9-10,16H,8H2,1-3H3/t9-,10+/m1/s1. The number of rotatable bonds is 6. The van der Waals surface area contributed by atoms with Crippen molar-refractivity contribution in [3.8, 4) is 0 Å². The number of hydrogen-bond donors (Lipinski definition) is 1. The van der Waals surface area contributed by atoms with Gasteiger partial charge in [-0.15, -0.1) is 0 Å². The molecule has 2 aromatic rings. The van der Waals surface area contributed by atoms with Crippen molar-refractivity contribution in [3.63, 3.8) is 0 Å². The Labute approximate surface area is 123 Å². The van der Waals surface area contributed by atoms with E-state index in [1.807, 2.05) is 0 Å². The number of methoxy groups -OCH3 is 1. The second-order valence-corrected chi connectivity index (χ2v) is 6.77. The van der Waals surface area contributed by atoms with Crippen LogP contribution in [0.2, 0.25) is 0 Å². The van der Waals surface area contributed by atoms with E-state index in [2.05, 4.69) is 4.72 Å². The van der Waals surface area contributed by atoms with Gasteiger partial charge in [0.05, 0.1) is 17.9 Å². The van der Waals surface area contributed by atoms with Crippen molar-refractivity contribution in [2.24, 2.45) is 0 Å². The molecule has 0 aliphatic rings. The van der Waals surface area contributed by atoms with Gasteiger partial charge in [0.15, 0.2) is 11.4 Å². The van der Waals surface area contributed by atoms with Crippen LogP contribution in [0.15, 0.2) is 28.7 Å². The summed E-state index contributed by atoms with van der Waals surface area (Å²) in [6.07, 6.45) is -0.414. The van der Waals surface area contributed by atoms with Gasteiger partial charge in [-0.25, -0.2) is 17.5 Å². The van der Waals surface area contributed by atoms with E-state index in [0.717, 1.165) is 0 Å². The lowest BCUT2D eigenvalue weighted by molar-refractivity contribution is 0.136. The summed E-state index contributed by atoms with van der Waals surface area (Å²) in [5.74, 6) is -0.256. The molecule has 2 rings (SSSR count). The van der Waals surface area contributed by atoms with Gasteiger partial charge in [-0.2, -0.15) is 0 Å². The molecule has 2 atom stereocenters. The van der Waals surface area contributed by atoms with Crippen molar-refractivity contribution in [2.45, 2.75) is 26.0 Å². The van der Waals surface area contributed by atoms with E-state index in [-0.39, 0.29) is 11.3 Å². The second-order valence-electron chi connectivity index (χ2n) is 4.97. The molecule has 0 saturated carbocycles.